The van der Waals surface area contributed by atoms with Crippen molar-refractivity contribution in [2.24, 2.45) is 0 Å². The third-order valence-electron chi connectivity index (χ3n) is 3.58. The van der Waals surface area contributed by atoms with Crippen LogP contribution in [-0.4, -0.2) is 30.2 Å². The molecule has 1 aromatic heterocycles. The van der Waals surface area contributed by atoms with Gasteiger partial charge in [-0.2, -0.15) is 4.98 Å². The Morgan fingerprint density at radius 2 is 1.77 bits per heavy atom. The summed E-state index contributed by atoms with van der Waals surface area (Å²) in [7, 11) is 1.62. The van der Waals surface area contributed by atoms with E-state index in [4.69, 9.17) is 4.74 Å². The number of ether oxygens (including phenoxy) is 1. The first kappa shape index (κ1) is 17.8. The predicted octanol–water partition coefficient (Wildman–Crippen LogP) is 4.22. The quantitative estimate of drug-likeness (QED) is 0.621. The lowest BCUT2D eigenvalue weighted by Gasteiger charge is -2.11. The van der Waals surface area contributed by atoms with Gasteiger partial charge in [-0.25, -0.2) is 13.8 Å². The Labute approximate surface area is 150 Å². The fourth-order valence-corrected chi connectivity index (χ4v) is 2.33. The van der Waals surface area contributed by atoms with Crippen molar-refractivity contribution in [3.05, 3.63) is 66.2 Å². The summed E-state index contributed by atoms with van der Waals surface area (Å²) in [5.74, 6) is -0.970. The molecule has 2 aromatic carbocycles. The van der Waals surface area contributed by atoms with E-state index in [2.05, 4.69) is 20.6 Å². The molecule has 3 aromatic rings. The fourth-order valence-electron chi connectivity index (χ4n) is 2.33. The Morgan fingerprint density at radius 3 is 2.50 bits per heavy atom. The maximum atomic E-state index is 13.4. The van der Waals surface area contributed by atoms with Crippen LogP contribution >= 0.6 is 0 Å². The van der Waals surface area contributed by atoms with Gasteiger partial charge in [-0.1, -0.05) is 30.3 Å². The number of nitrogens with zero attached hydrogens (tertiary/aromatic N) is 2. The third kappa shape index (κ3) is 4.52. The molecule has 26 heavy (non-hydrogen) atoms. The van der Waals surface area contributed by atoms with Crippen LogP contribution in [0.25, 0.3) is 11.3 Å². The number of hydrogen-bond acceptors (Lipinski definition) is 5. The second-order valence-electron chi connectivity index (χ2n) is 5.50. The first-order valence-electron chi connectivity index (χ1n) is 8.05. The molecule has 0 unspecified atom stereocenters. The van der Waals surface area contributed by atoms with E-state index in [1.165, 1.54) is 6.07 Å². The van der Waals surface area contributed by atoms with Crippen LogP contribution in [0.1, 0.15) is 0 Å². The SMILES string of the molecule is COCCNc1cc(-c2ccccc2)nc(Nc2ccc(F)c(F)c2)n1. The summed E-state index contributed by atoms with van der Waals surface area (Å²) in [5.41, 5.74) is 1.97. The highest BCUT2D eigenvalue weighted by Gasteiger charge is 2.09. The molecule has 0 amide bonds. The number of aromatic nitrogens is 2. The van der Waals surface area contributed by atoms with Crippen LogP contribution in [0.15, 0.2) is 54.6 Å². The molecular weight excluding hydrogens is 338 g/mol. The van der Waals surface area contributed by atoms with Crippen LogP contribution in [0.5, 0.6) is 0 Å². The smallest absolute Gasteiger partial charge is 0.229 e. The van der Waals surface area contributed by atoms with Crippen LogP contribution in [0.3, 0.4) is 0 Å². The normalized spacial score (nSPS) is 10.6. The van der Waals surface area contributed by atoms with E-state index in [0.29, 0.717) is 30.4 Å². The average Bonchev–Trinajstić information content (AvgIpc) is 2.66. The van der Waals surface area contributed by atoms with Crippen molar-refractivity contribution in [1.29, 1.82) is 0 Å². The van der Waals surface area contributed by atoms with E-state index in [1.54, 1.807) is 7.11 Å². The van der Waals surface area contributed by atoms with Crippen molar-refractivity contribution in [2.75, 3.05) is 30.9 Å². The Balaban J connectivity index is 1.91. The predicted molar refractivity (Wildman–Crippen MR) is 97.5 cm³/mol. The molecule has 5 nitrogen and oxygen atoms in total. The number of methoxy groups -OCH3 is 1. The van der Waals surface area contributed by atoms with Gasteiger partial charge in [0.05, 0.1) is 12.3 Å². The lowest BCUT2D eigenvalue weighted by Crippen LogP contribution is -2.10. The Kier molecular flexibility index (Phi) is 5.70. The summed E-state index contributed by atoms with van der Waals surface area (Å²) < 4.78 is 31.6. The molecule has 0 fully saturated rings. The van der Waals surface area contributed by atoms with Crippen LogP contribution in [0.4, 0.5) is 26.2 Å². The minimum atomic E-state index is -0.937. The molecule has 134 valence electrons. The van der Waals surface area contributed by atoms with Gasteiger partial charge < -0.3 is 15.4 Å². The molecule has 0 saturated heterocycles. The molecule has 0 atom stereocenters. The second-order valence-corrected chi connectivity index (χ2v) is 5.50. The first-order valence-corrected chi connectivity index (χ1v) is 8.05. The third-order valence-corrected chi connectivity index (χ3v) is 3.58. The molecule has 0 aliphatic carbocycles. The van der Waals surface area contributed by atoms with E-state index in [0.717, 1.165) is 17.7 Å². The minimum absolute atomic E-state index is 0.275. The van der Waals surface area contributed by atoms with E-state index in [-0.39, 0.29) is 5.95 Å². The van der Waals surface area contributed by atoms with Gasteiger partial charge >= 0.3 is 0 Å². The summed E-state index contributed by atoms with van der Waals surface area (Å²) in [6.45, 7) is 1.10. The maximum absolute atomic E-state index is 13.4. The molecule has 0 bridgehead atoms. The molecule has 0 radical (unpaired) electrons. The number of benzene rings is 2. The minimum Gasteiger partial charge on any atom is -0.383 e. The second kappa shape index (κ2) is 8.35. The van der Waals surface area contributed by atoms with E-state index in [9.17, 15) is 8.78 Å². The first-order chi connectivity index (χ1) is 12.7. The Morgan fingerprint density at radius 1 is 0.962 bits per heavy atom. The summed E-state index contributed by atoms with van der Waals surface area (Å²) >= 11 is 0. The van der Waals surface area contributed by atoms with Crippen molar-refractivity contribution in [3.63, 3.8) is 0 Å². The highest BCUT2D eigenvalue weighted by atomic mass is 19.2. The molecule has 0 spiro atoms. The van der Waals surface area contributed by atoms with Crippen molar-refractivity contribution in [2.45, 2.75) is 0 Å². The van der Waals surface area contributed by atoms with Crippen LogP contribution < -0.4 is 10.6 Å². The molecule has 0 aliphatic rings. The van der Waals surface area contributed by atoms with Gasteiger partial charge in [0.25, 0.3) is 0 Å². The fraction of sp³-hybridized carbons (Fsp3) is 0.158. The highest BCUT2D eigenvalue weighted by Crippen LogP contribution is 2.23. The number of rotatable bonds is 7. The van der Waals surface area contributed by atoms with Gasteiger partial charge in [0.2, 0.25) is 5.95 Å². The Bertz CT molecular complexity index is 875. The molecule has 1 heterocycles. The van der Waals surface area contributed by atoms with Crippen LogP contribution in [0, 0.1) is 11.6 Å². The summed E-state index contributed by atoms with van der Waals surface area (Å²) in [5, 5.41) is 6.07. The van der Waals surface area contributed by atoms with Gasteiger partial charge in [-0.05, 0) is 12.1 Å². The van der Waals surface area contributed by atoms with Crippen molar-refractivity contribution in [3.8, 4) is 11.3 Å². The van der Waals surface area contributed by atoms with Gasteiger partial charge in [0.1, 0.15) is 5.82 Å². The summed E-state index contributed by atoms with van der Waals surface area (Å²) in [4.78, 5) is 8.84. The Hall–Kier alpha value is -3.06. The van der Waals surface area contributed by atoms with Gasteiger partial charge in [-0.15, -0.1) is 0 Å². The highest BCUT2D eigenvalue weighted by molar-refractivity contribution is 5.66. The monoisotopic (exact) mass is 356 g/mol. The van der Waals surface area contributed by atoms with Crippen molar-refractivity contribution < 1.29 is 13.5 Å². The molecule has 2 N–H and O–H groups in total. The standard InChI is InChI=1S/C19H18F2N4O/c1-26-10-9-22-18-12-17(13-5-3-2-4-6-13)24-19(25-18)23-14-7-8-15(20)16(21)11-14/h2-8,11-12H,9-10H2,1H3,(H2,22,23,24,25). The van der Waals surface area contributed by atoms with Crippen LogP contribution in [0.2, 0.25) is 0 Å². The van der Waals surface area contributed by atoms with Crippen LogP contribution in [-0.2, 0) is 4.74 Å². The molecule has 3 rings (SSSR count). The topological polar surface area (TPSA) is 59.1 Å². The van der Waals surface area contributed by atoms with Crippen molar-refractivity contribution >= 4 is 17.5 Å². The van der Waals surface area contributed by atoms with E-state index < -0.39 is 11.6 Å². The largest absolute Gasteiger partial charge is 0.383 e. The molecule has 0 aliphatic heterocycles. The molecule has 0 saturated carbocycles. The zero-order valence-corrected chi connectivity index (χ0v) is 14.2. The number of anilines is 3. The average molecular weight is 356 g/mol. The summed E-state index contributed by atoms with van der Waals surface area (Å²) in [6.07, 6.45) is 0. The van der Waals surface area contributed by atoms with E-state index in [1.807, 2.05) is 36.4 Å². The van der Waals surface area contributed by atoms with E-state index >= 15 is 0 Å². The number of hydrogen-bond donors (Lipinski definition) is 2. The molecular formula is C19H18F2N4O. The van der Waals surface area contributed by atoms with Crippen molar-refractivity contribution in [1.82, 2.24) is 9.97 Å². The van der Waals surface area contributed by atoms with Gasteiger partial charge in [-0.3, -0.25) is 0 Å². The van der Waals surface area contributed by atoms with Gasteiger partial charge in [0, 0.05) is 37.0 Å². The zero-order valence-electron chi connectivity index (χ0n) is 14.2. The maximum Gasteiger partial charge on any atom is 0.229 e. The lowest BCUT2D eigenvalue weighted by atomic mass is 10.1. The number of nitrogens with one attached hydrogen (secondary N) is 2. The zero-order chi connectivity index (χ0) is 18.4. The summed E-state index contributed by atoms with van der Waals surface area (Å²) in [6, 6.07) is 15.0. The lowest BCUT2D eigenvalue weighted by molar-refractivity contribution is 0.210. The van der Waals surface area contributed by atoms with Gasteiger partial charge in [0.15, 0.2) is 11.6 Å². The number of halogens is 2. The molecule has 7 heteroatoms.